The zero-order chi connectivity index (χ0) is 12.3. The molecule has 0 spiro atoms. The summed E-state index contributed by atoms with van der Waals surface area (Å²) in [5, 5.41) is 8.50. The minimum atomic E-state index is -3.59. The lowest BCUT2D eigenvalue weighted by Crippen LogP contribution is -2.28. The second-order valence-corrected chi connectivity index (χ2v) is 6.18. The average Bonchev–Trinajstić information content (AvgIpc) is 2.22. The van der Waals surface area contributed by atoms with E-state index < -0.39 is 21.9 Å². The molecule has 0 amide bonds. The van der Waals surface area contributed by atoms with Gasteiger partial charge < -0.3 is 5.11 Å². The lowest BCUT2D eigenvalue weighted by atomic mass is 10.3. The summed E-state index contributed by atoms with van der Waals surface area (Å²) in [5.74, 6) is 0. The molecular weight excluding hydrogens is 273 g/mol. The van der Waals surface area contributed by atoms with Crippen LogP contribution in [0, 0.1) is 0 Å². The van der Waals surface area contributed by atoms with Crippen LogP contribution in [0.1, 0.15) is 6.92 Å². The fraction of sp³-hybridized carbons (Fsp3) is 0.333. The molecule has 0 aliphatic rings. The Labute approximate surface area is 104 Å². The van der Waals surface area contributed by atoms with Crippen molar-refractivity contribution in [2.45, 2.75) is 12.2 Å². The highest BCUT2D eigenvalue weighted by Crippen LogP contribution is 2.25. The van der Waals surface area contributed by atoms with Gasteiger partial charge in [-0.25, -0.2) is 8.42 Å². The van der Waals surface area contributed by atoms with Gasteiger partial charge in [0.1, 0.15) is 5.25 Å². The summed E-state index contributed by atoms with van der Waals surface area (Å²) in [5.41, 5.74) is 0.315. The molecule has 1 unspecified atom stereocenters. The molecule has 16 heavy (non-hydrogen) atoms. The maximum Gasteiger partial charge on any atom is 0.237 e. The van der Waals surface area contributed by atoms with Crippen LogP contribution in [0.3, 0.4) is 0 Å². The number of aliphatic hydroxyl groups is 1. The third-order valence-corrected chi connectivity index (χ3v) is 4.43. The molecule has 0 radical (unpaired) electrons. The minimum absolute atomic E-state index is 0.263. The van der Waals surface area contributed by atoms with Crippen molar-refractivity contribution in [3.8, 4) is 0 Å². The van der Waals surface area contributed by atoms with E-state index in [9.17, 15) is 8.42 Å². The van der Waals surface area contributed by atoms with Crippen molar-refractivity contribution in [3.05, 3.63) is 28.2 Å². The summed E-state index contributed by atoms with van der Waals surface area (Å²) < 4.78 is 25.5. The first-order valence-electron chi connectivity index (χ1n) is 4.44. The quantitative estimate of drug-likeness (QED) is 0.890. The number of halogens is 2. The van der Waals surface area contributed by atoms with Crippen molar-refractivity contribution < 1.29 is 13.5 Å². The second-order valence-electron chi connectivity index (χ2n) is 3.27. The molecule has 0 saturated heterocycles. The van der Waals surface area contributed by atoms with Gasteiger partial charge in [0.25, 0.3) is 0 Å². The van der Waals surface area contributed by atoms with Gasteiger partial charge >= 0.3 is 0 Å². The monoisotopic (exact) mass is 283 g/mol. The van der Waals surface area contributed by atoms with E-state index in [0.717, 1.165) is 0 Å². The Bertz CT molecular complexity index is 476. The molecule has 1 aromatic carbocycles. The molecule has 0 heterocycles. The Morgan fingerprint density at radius 1 is 1.38 bits per heavy atom. The lowest BCUT2D eigenvalue weighted by Gasteiger charge is -2.12. The Kier molecular flexibility index (Phi) is 4.43. The fourth-order valence-electron chi connectivity index (χ4n) is 0.923. The zero-order valence-electron chi connectivity index (χ0n) is 8.44. The standard InChI is InChI=1S/C9H11Cl2NO3S/c1-6(5-13)16(14,15)12-7-2-3-8(10)9(11)4-7/h2-4,6,12-13H,5H2,1H3. The molecular formula is C9H11Cl2NO3S. The van der Waals surface area contributed by atoms with Gasteiger partial charge in [-0.15, -0.1) is 0 Å². The minimum Gasteiger partial charge on any atom is -0.395 e. The summed E-state index contributed by atoms with van der Waals surface area (Å²) in [7, 11) is -3.59. The number of sulfonamides is 1. The molecule has 1 aromatic rings. The summed E-state index contributed by atoms with van der Waals surface area (Å²) in [6.07, 6.45) is 0. The van der Waals surface area contributed by atoms with Gasteiger partial charge in [-0.05, 0) is 25.1 Å². The molecule has 90 valence electrons. The molecule has 1 atom stereocenters. The summed E-state index contributed by atoms with van der Waals surface area (Å²) >= 11 is 11.4. The van der Waals surface area contributed by atoms with Crippen molar-refractivity contribution in [2.24, 2.45) is 0 Å². The van der Waals surface area contributed by atoms with Gasteiger partial charge in [-0.1, -0.05) is 23.2 Å². The van der Waals surface area contributed by atoms with Crippen molar-refractivity contribution >= 4 is 38.9 Å². The topological polar surface area (TPSA) is 66.4 Å². The Morgan fingerprint density at radius 2 is 2.00 bits per heavy atom. The van der Waals surface area contributed by atoms with E-state index in [1.54, 1.807) is 0 Å². The molecule has 2 N–H and O–H groups in total. The highest BCUT2D eigenvalue weighted by Gasteiger charge is 2.19. The van der Waals surface area contributed by atoms with Crippen molar-refractivity contribution in [3.63, 3.8) is 0 Å². The van der Waals surface area contributed by atoms with Gasteiger partial charge in [-0.3, -0.25) is 4.72 Å². The number of rotatable bonds is 4. The molecule has 0 aliphatic carbocycles. The van der Waals surface area contributed by atoms with E-state index in [1.165, 1.54) is 25.1 Å². The number of nitrogens with one attached hydrogen (secondary N) is 1. The third-order valence-electron chi connectivity index (χ3n) is 1.97. The SMILES string of the molecule is CC(CO)S(=O)(=O)Nc1ccc(Cl)c(Cl)c1. The van der Waals surface area contributed by atoms with Gasteiger partial charge in [-0.2, -0.15) is 0 Å². The van der Waals surface area contributed by atoms with Crippen molar-refractivity contribution in [2.75, 3.05) is 11.3 Å². The largest absolute Gasteiger partial charge is 0.395 e. The predicted octanol–water partition coefficient (Wildman–Crippen LogP) is 2.12. The van der Waals surface area contributed by atoms with E-state index in [-0.39, 0.29) is 5.02 Å². The predicted molar refractivity (Wildman–Crippen MR) is 65.6 cm³/mol. The molecule has 4 nitrogen and oxygen atoms in total. The maximum atomic E-state index is 11.6. The van der Waals surface area contributed by atoms with Crippen LogP contribution in [0.25, 0.3) is 0 Å². The highest BCUT2D eigenvalue weighted by atomic mass is 35.5. The number of aliphatic hydroxyl groups excluding tert-OH is 1. The fourth-order valence-corrected chi connectivity index (χ4v) is 2.07. The van der Waals surface area contributed by atoms with Crippen LogP contribution in [0.2, 0.25) is 10.0 Å². The molecule has 0 bridgehead atoms. The number of benzene rings is 1. The first kappa shape index (κ1) is 13.6. The molecule has 0 fully saturated rings. The van der Waals surface area contributed by atoms with E-state index in [0.29, 0.717) is 10.7 Å². The lowest BCUT2D eigenvalue weighted by molar-refractivity contribution is 0.296. The van der Waals surface area contributed by atoms with Gasteiger partial charge in [0.2, 0.25) is 10.0 Å². The summed E-state index contributed by atoms with van der Waals surface area (Å²) in [6, 6.07) is 4.40. The van der Waals surface area contributed by atoms with Crippen LogP contribution in [-0.4, -0.2) is 25.4 Å². The van der Waals surface area contributed by atoms with E-state index in [4.69, 9.17) is 28.3 Å². The summed E-state index contributed by atoms with van der Waals surface area (Å²) in [4.78, 5) is 0. The van der Waals surface area contributed by atoms with Gasteiger partial charge in [0.15, 0.2) is 0 Å². The summed E-state index contributed by atoms with van der Waals surface area (Å²) in [6.45, 7) is 0.955. The number of anilines is 1. The Hall–Kier alpha value is -0.490. The molecule has 0 aromatic heterocycles. The van der Waals surface area contributed by atoms with Crippen LogP contribution in [-0.2, 0) is 10.0 Å². The van der Waals surface area contributed by atoms with Crippen molar-refractivity contribution in [1.29, 1.82) is 0 Å². The zero-order valence-corrected chi connectivity index (χ0v) is 10.8. The van der Waals surface area contributed by atoms with E-state index in [2.05, 4.69) is 4.72 Å². The first-order chi connectivity index (χ1) is 7.36. The maximum absolute atomic E-state index is 11.6. The smallest absolute Gasteiger partial charge is 0.237 e. The second kappa shape index (κ2) is 5.23. The normalized spacial score (nSPS) is 13.5. The van der Waals surface area contributed by atoms with Crippen LogP contribution in [0.5, 0.6) is 0 Å². The van der Waals surface area contributed by atoms with Gasteiger partial charge in [0, 0.05) is 0 Å². The first-order valence-corrected chi connectivity index (χ1v) is 6.74. The van der Waals surface area contributed by atoms with Crippen LogP contribution in [0.15, 0.2) is 18.2 Å². The molecule has 0 aliphatic heterocycles. The van der Waals surface area contributed by atoms with Crippen molar-refractivity contribution in [1.82, 2.24) is 0 Å². The Balaban J connectivity index is 2.93. The number of hydrogen-bond donors (Lipinski definition) is 2. The molecule has 7 heteroatoms. The average molecular weight is 284 g/mol. The van der Waals surface area contributed by atoms with E-state index >= 15 is 0 Å². The molecule has 1 rings (SSSR count). The van der Waals surface area contributed by atoms with Crippen LogP contribution >= 0.6 is 23.2 Å². The Morgan fingerprint density at radius 3 is 2.50 bits per heavy atom. The van der Waals surface area contributed by atoms with Crippen LogP contribution < -0.4 is 4.72 Å². The van der Waals surface area contributed by atoms with Crippen LogP contribution in [0.4, 0.5) is 5.69 Å². The highest BCUT2D eigenvalue weighted by molar-refractivity contribution is 7.93. The van der Waals surface area contributed by atoms with E-state index in [1.807, 2.05) is 0 Å². The molecule has 0 saturated carbocycles. The third kappa shape index (κ3) is 3.25. The van der Waals surface area contributed by atoms with Gasteiger partial charge in [0.05, 0.1) is 22.3 Å². The number of hydrogen-bond acceptors (Lipinski definition) is 3.